The summed E-state index contributed by atoms with van der Waals surface area (Å²) in [6.07, 6.45) is 2.02. The lowest BCUT2D eigenvalue weighted by atomic mass is 9.72. The summed E-state index contributed by atoms with van der Waals surface area (Å²) in [4.78, 5) is 0. The minimum absolute atomic E-state index is 0.152. The number of hydrogen-bond donors (Lipinski definition) is 1. The highest BCUT2D eigenvalue weighted by atomic mass is 16.5. The molecule has 2 aromatic rings. The molecule has 28 heavy (non-hydrogen) atoms. The molecule has 0 saturated carbocycles. The second kappa shape index (κ2) is 10.1. The van der Waals surface area contributed by atoms with Crippen LogP contribution in [-0.2, 0) is 23.1 Å². The fourth-order valence-electron chi connectivity index (χ4n) is 3.93. The van der Waals surface area contributed by atoms with Gasteiger partial charge in [-0.25, -0.2) is 0 Å². The van der Waals surface area contributed by atoms with Gasteiger partial charge in [0.05, 0.1) is 13.2 Å². The predicted molar refractivity (Wildman–Crippen MR) is 118 cm³/mol. The van der Waals surface area contributed by atoms with Gasteiger partial charge in [0.1, 0.15) is 12.4 Å². The maximum atomic E-state index is 5.83. The highest BCUT2D eigenvalue weighted by Crippen LogP contribution is 2.36. The molecule has 0 aliphatic heterocycles. The van der Waals surface area contributed by atoms with Gasteiger partial charge in [0.15, 0.2) is 0 Å². The fourth-order valence-corrected chi connectivity index (χ4v) is 3.93. The Labute approximate surface area is 171 Å². The first-order valence-electron chi connectivity index (χ1n) is 10.3. The Balaban J connectivity index is 1.72. The Morgan fingerprint density at radius 3 is 2.04 bits per heavy atom. The number of ether oxygens (including phenoxy) is 2. The molecule has 0 unspecified atom stereocenters. The molecule has 0 bridgehead atoms. The third-order valence-corrected chi connectivity index (χ3v) is 4.96. The summed E-state index contributed by atoms with van der Waals surface area (Å²) in [6, 6.07) is 16.8. The molecule has 0 atom stereocenters. The largest absolute Gasteiger partial charge is 0.491 e. The number of rotatable bonds is 10. The van der Waals surface area contributed by atoms with E-state index in [-0.39, 0.29) is 5.41 Å². The van der Waals surface area contributed by atoms with Crippen molar-refractivity contribution in [1.29, 1.82) is 0 Å². The highest BCUT2D eigenvalue weighted by molar-refractivity contribution is 5.32. The van der Waals surface area contributed by atoms with Crippen molar-refractivity contribution in [2.45, 2.75) is 59.4 Å². The molecule has 0 aliphatic rings. The van der Waals surface area contributed by atoms with E-state index in [0.717, 1.165) is 18.6 Å². The normalized spacial score (nSPS) is 12.2. The van der Waals surface area contributed by atoms with Crippen molar-refractivity contribution < 1.29 is 9.47 Å². The van der Waals surface area contributed by atoms with Crippen molar-refractivity contribution in [2.24, 2.45) is 11.1 Å². The van der Waals surface area contributed by atoms with Crippen LogP contribution in [-0.4, -0.2) is 19.8 Å². The molecule has 2 rings (SSSR count). The molecule has 2 aromatic carbocycles. The van der Waals surface area contributed by atoms with Crippen LogP contribution in [0, 0.1) is 5.41 Å². The van der Waals surface area contributed by atoms with E-state index in [2.05, 4.69) is 71.0 Å². The molecule has 0 saturated heterocycles. The molecule has 0 aliphatic carbocycles. The van der Waals surface area contributed by atoms with Crippen LogP contribution < -0.4 is 10.5 Å². The lowest BCUT2D eigenvalue weighted by Gasteiger charge is -2.33. The number of nitrogens with two attached hydrogens (primary N) is 1. The Kier molecular flexibility index (Phi) is 8.09. The number of hydrogen-bond acceptors (Lipinski definition) is 3. The van der Waals surface area contributed by atoms with Crippen LogP contribution in [0.15, 0.2) is 48.5 Å². The summed E-state index contributed by atoms with van der Waals surface area (Å²) >= 11 is 0. The lowest BCUT2D eigenvalue weighted by molar-refractivity contribution is 0.102. The van der Waals surface area contributed by atoms with E-state index in [4.69, 9.17) is 15.2 Å². The maximum Gasteiger partial charge on any atom is 0.119 e. The van der Waals surface area contributed by atoms with E-state index in [1.54, 1.807) is 0 Å². The lowest BCUT2D eigenvalue weighted by Crippen LogP contribution is -2.24. The first-order chi connectivity index (χ1) is 13.2. The smallest absolute Gasteiger partial charge is 0.119 e. The van der Waals surface area contributed by atoms with Gasteiger partial charge in [-0.1, -0.05) is 71.0 Å². The van der Waals surface area contributed by atoms with Crippen LogP contribution in [0.1, 0.15) is 57.7 Å². The van der Waals surface area contributed by atoms with E-state index in [0.29, 0.717) is 31.8 Å². The van der Waals surface area contributed by atoms with Gasteiger partial charge in [0, 0.05) is 6.54 Å². The average molecular weight is 384 g/mol. The van der Waals surface area contributed by atoms with Gasteiger partial charge in [-0.3, -0.25) is 0 Å². The summed E-state index contributed by atoms with van der Waals surface area (Å²) in [5.74, 6) is 0.896. The standard InChI is InChI=1S/C25H37NO2/c1-24(2,3)19-25(4,5)22-10-12-23(13-11-22)28-17-16-27-15-14-20-8-6-7-9-21(20)18-26/h6-13H,14-19,26H2,1-5H3. The van der Waals surface area contributed by atoms with Crippen molar-refractivity contribution in [1.82, 2.24) is 0 Å². The highest BCUT2D eigenvalue weighted by Gasteiger charge is 2.27. The van der Waals surface area contributed by atoms with Gasteiger partial charge in [-0.05, 0) is 52.5 Å². The van der Waals surface area contributed by atoms with Crippen molar-refractivity contribution in [3.05, 3.63) is 65.2 Å². The Hall–Kier alpha value is -1.84. The zero-order chi connectivity index (χ0) is 20.6. The van der Waals surface area contributed by atoms with Crippen LogP contribution in [0.3, 0.4) is 0 Å². The summed E-state index contributed by atoms with van der Waals surface area (Å²) in [5, 5.41) is 0. The van der Waals surface area contributed by atoms with Crippen LogP contribution in [0.5, 0.6) is 5.75 Å². The van der Waals surface area contributed by atoms with E-state index >= 15 is 0 Å². The SMILES string of the molecule is CC(C)(C)CC(C)(C)c1ccc(OCCOCCc2ccccc2CN)cc1. The molecule has 3 nitrogen and oxygen atoms in total. The van der Waals surface area contributed by atoms with E-state index in [1.165, 1.54) is 16.7 Å². The van der Waals surface area contributed by atoms with Crippen molar-refractivity contribution in [2.75, 3.05) is 19.8 Å². The quantitative estimate of drug-likeness (QED) is 0.551. The van der Waals surface area contributed by atoms with Crippen LogP contribution >= 0.6 is 0 Å². The zero-order valence-electron chi connectivity index (χ0n) is 18.3. The molecule has 0 heterocycles. The molecule has 154 valence electrons. The third kappa shape index (κ3) is 7.29. The van der Waals surface area contributed by atoms with Crippen molar-refractivity contribution in [3.8, 4) is 5.75 Å². The summed E-state index contributed by atoms with van der Waals surface area (Å²) < 4.78 is 11.6. The molecular formula is C25H37NO2. The first kappa shape index (κ1) is 22.4. The van der Waals surface area contributed by atoms with E-state index in [9.17, 15) is 0 Å². The third-order valence-electron chi connectivity index (χ3n) is 4.96. The van der Waals surface area contributed by atoms with Crippen LogP contribution in [0.2, 0.25) is 0 Å². The Morgan fingerprint density at radius 1 is 0.786 bits per heavy atom. The molecule has 2 N–H and O–H groups in total. The zero-order valence-corrected chi connectivity index (χ0v) is 18.3. The van der Waals surface area contributed by atoms with Gasteiger partial charge in [-0.2, -0.15) is 0 Å². The minimum Gasteiger partial charge on any atom is -0.491 e. The van der Waals surface area contributed by atoms with Gasteiger partial charge in [0.25, 0.3) is 0 Å². The van der Waals surface area contributed by atoms with E-state index in [1.807, 2.05) is 12.1 Å². The summed E-state index contributed by atoms with van der Waals surface area (Å²) in [6.45, 7) is 13.9. The van der Waals surface area contributed by atoms with Gasteiger partial charge in [-0.15, -0.1) is 0 Å². The second-order valence-electron chi connectivity index (χ2n) is 9.33. The molecule has 0 radical (unpaired) electrons. The van der Waals surface area contributed by atoms with Crippen molar-refractivity contribution >= 4 is 0 Å². The van der Waals surface area contributed by atoms with Gasteiger partial charge >= 0.3 is 0 Å². The minimum atomic E-state index is 0.152. The topological polar surface area (TPSA) is 44.5 Å². The molecule has 0 spiro atoms. The second-order valence-corrected chi connectivity index (χ2v) is 9.33. The Morgan fingerprint density at radius 2 is 1.43 bits per heavy atom. The van der Waals surface area contributed by atoms with Crippen LogP contribution in [0.4, 0.5) is 0 Å². The molecular weight excluding hydrogens is 346 g/mol. The molecule has 0 amide bonds. The summed E-state index contributed by atoms with van der Waals surface area (Å²) in [7, 11) is 0. The fraction of sp³-hybridized carbons (Fsp3) is 0.520. The molecule has 0 fully saturated rings. The molecule has 0 aromatic heterocycles. The van der Waals surface area contributed by atoms with Gasteiger partial charge < -0.3 is 15.2 Å². The predicted octanol–water partition coefficient (Wildman–Crippen LogP) is 5.50. The van der Waals surface area contributed by atoms with E-state index < -0.39 is 0 Å². The maximum absolute atomic E-state index is 5.83. The van der Waals surface area contributed by atoms with Crippen LogP contribution in [0.25, 0.3) is 0 Å². The van der Waals surface area contributed by atoms with Crippen molar-refractivity contribution in [3.63, 3.8) is 0 Å². The monoisotopic (exact) mass is 383 g/mol. The van der Waals surface area contributed by atoms with Gasteiger partial charge in [0.2, 0.25) is 0 Å². The number of benzene rings is 2. The summed E-state index contributed by atoms with van der Waals surface area (Å²) in [5.41, 5.74) is 10.0. The average Bonchev–Trinajstić information content (AvgIpc) is 2.63. The Bertz CT molecular complexity index is 714. The molecule has 3 heteroatoms. The first-order valence-corrected chi connectivity index (χ1v) is 10.3.